The molecule has 0 aliphatic rings. The van der Waals surface area contributed by atoms with Crippen LogP contribution < -0.4 is 0 Å². The first kappa shape index (κ1) is 12.3. The Hall–Kier alpha value is -1.78. The van der Waals surface area contributed by atoms with Crippen molar-refractivity contribution in [3.8, 4) is 0 Å². The van der Waals surface area contributed by atoms with Crippen LogP contribution in [-0.4, -0.2) is 26.8 Å². The number of hydrogen-bond acceptors (Lipinski definition) is 4. The van der Waals surface area contributed by atoms with E-state index in [1.54, 1.807) is 6.92 Å². The second kappa shape index (κ2) is 5.95. The molecular weight excluding hydrogens is 208 g/mol. The van der Waals surface area contributed by atoms with Crippen molar-refractivity contribution in [3.05, 3.63) is 24.3 Å². The molecule has 0 aliphatic heterocycles. The van der Waals surface area contributed by atoms with Gasteiger partial charge in [-0.2, -0.15) is 0 Å². The monoisotopic (exact) mass is 222 g/mol. The Kier molecular flexibility index (Phi) is 4.57. The summed E-state index contributed by atoms with van der Waals surface area (Å²) in [7, 11) is 0. The van der Waals surface area contributed by atoms with Crippen LogP contribution in [-0.2, 0) is 4.79 Å². The van der Waals surface area contributed by atoms with Gasteiger partial charge in [-0.3, -0.25) is 14.6 Å². The van der Waals surface area contributed by atoms with Gasteiger partial charge in [0, 0.05) is 18.8 Å². The number of carbonyl (C=O) groups is 2. The van der Waals surface area contributed by atoms with Crippen molar-refractivity contribution >= 4 is 11.8 Å². The van der Waals surface area contributed by atoms with E-state index >= 15 is 0 Å². The number of nitrogens with zero attached hydrogens (tertiary/aromatic N) is 2. The molecule has 0 radical (unpaired) electrons. The fourth-order valence-corrected chi connectivity index (χ4v) is 1.26. The normalized spacial score (nSPS) is 12.1. The summed E-state index contributed by atoms with van der Waals surface area (Å²) < 4.78 is 0. The second-order valence-electron chi connectivity index (χ2n) is 3.65. The molecule has 1 aromatic heterocycles. The van der Waals surface area contributed by atoms with Crippen molar-refractivity contribution < 1.29 is 14.7 Å². The highest BCUT2D eigenvalue weighted by Crippen LogP contribution is 2.10. The summed E-state index contributed by atoms with van der Waals surface area (Å²) >= 11 is 0. The Morgan fingerprint density at radius 3 is 2.75 bits per heavy atom. The number of Topliss-reactive ketones (excluding diaryl/α,β-unsaturated/α-hetero) is 1. The van der Waals surface area contributed by atoms with Gasteiger partial charge < -0.3 is 5.11 Å². The quantitative estimate of drug-likeness (QED) is 0.738. The summed E-state index contributed by atoms with van der Waals surface area (Å²) in [5.74, 6) is -1.33. The van der Waals surface area contributed by atoms with E-state index in [0.29, 0.717) is 25.0 Å². The van der Waals surface area contributed by atoms with Crippen molar-refractivity contribution in [1.82, 2.24) is 9.97 Å². The molecule has 5 heteroatoms. The Labute approximate surface area is 93.5 Å². The molecule has 0 aliphatic carbocycles. The Morgan fingerprint density at radius 1 is 1.44 bits per heavy atom. The molecule has 16 heavy (non-hydrogen) atoms. The van der Waals surface area contributed by atoms with Crippen molar-refractivity contribution in [2.24, 2.45) is 5.92 Å². The van der Waals surface area contributed by atoms with Gasteiger partial charge >= 0.3 is 5.97 Å². The zero-order chi connectivity index (χ0) is 12.0. The highest BCUT2D eigenvalue weighted by Gasteiger charge is 2.12. The molecule has 0 bridgehead atoms. The molecule has 1 aromatic rings. The number of rotatable bonds is 6. The Morgan fingerprint density at radius 2 is 2.19 bits per heavy atom. The molecular formula is C11H14N2O3. The molecule has 0 saturated carbocycles. The highest BCUT2D eigenvalue weighted by atomic mass is 16.4. The van der Waals surface area contributed by atoms with E-state index in [4.69, 9.17) is 5.11 Å². The van der Waals surface area contributed by atoms with Gasteiger partial charge in [-0.15, -0.1) is 0 Å². The predicted molar refractivity (Wildman–Crippen MR) is 57.0 cm³/mol. The number of aromatic nitrogens is 2. The molecule has 5 nitrogen and oxygen atoms in total. The lowest BCUT2D eigenvalue weighted by Gasteiger charge is -2.04. The number of carboxylic acid groups (broad SMARTS) is 1. The zero-order valence-electron chi connectivity index (χ0n) is 9.09. The molecule has 1 rings (SSSR count). The first-order valence-corrected chi connectivity index (χ1v) is 5.13. The lowest BCUT2D eigenvalue weighted by molar-refractivity contribution is -0.141. The molecule has 0 amide bonds. The van der Waals surface area contributed by atoms with E-state index in [2.05, 4.69) is 9.97 Å². The van der Waals surface area contributed by atoms with Gasteiger partial charge in [-0.25, -0.2) is 4.98 Å². The SMILES string of the molecule is C[C@@H](CCCC(=O)c1cnccn1)C(=O)O. The molecule has 1 atom stereocenters. The molecule has 0 fully saturated rings. The van der Waals surface area contributed by atoms with Gasteiger partial charge in [0.2, 0.25) is 0 Å². The van der Waals surface area contributed by atoms with Crippen molar-refractivity contribution in [2.75, 3.05) is 0 Å². The number of ketones is 1. The van der Waals surface area contributed by atoms with Crippen LogP contribution in [0.15, 0.2) is 18.6 Å². The Balaban J connectivity index is 2.34. The van der Waals surface area contributed by atoms with Gasteiger partial charge in [0.15, 0.2) is 5.78 Å². The topological polar surface area (TPSA) is 80.2 Å². The van der Waals surface area contributed by atoms with E-state index < -0.39 is 11.9 Å². The summed E-state index contributed by atoms with van der Waals surface area (Å²) in [5, 5.41) is 8.66. The minimum Gasteiger partial charge on any atom is -0.481 e. The van der Waals surface area contributed by atoms with Crippen molar-refractivity contribution in [1.29, 1.82) is 0 Å². The van der Waals surface area contributed by atoms with Crippen LogP contribution in [0.5, 0.6) is 0 Å². The van der Waals surface area contributed by atoms with Crippen LogP contribution >= 0.6 is 0 Å². The van der Waals surface area contributed by atoms with Crippen LogP contribution in [0.1, 0.15) is 36.7 Å². The molecule has 0 aromatic carbocycles. The van der Waals surface area contributed by atoms with Crippen LogP contribution in [0.4, 0.5) is 0 Å². The average molecular weight is 222 g/mol. The molecule has 0 spiro atoms. The third-order valence-electron chi connectivity index (χ3n) is 2.31. The predicted octanol–water partition coefficient (Wildman–Crippen LogP) is 1.55. The van der Waals surface area contributed by atoms with E-state index in [9.17, 15) is 9.59 Å². The minimum absolute atomic E-state index is 0.0920. The largest absolute Gasteiger partial charge is 0.481 e. The molecule has 1 N–H and O–H groups in total. The zero-order valence-corrected chi connectivity index (χ0v) is 9.09. The van der Waals surface area contributed by atoms with Gasteiger partial charge in [-0.1, -0.05) is 6.92 Å². The summed E-state index contributed by atoms with van der Waals surface area (Å²) in [4.78, 5) is 29.8. The Bertz CT molecular complexity index is 365. The van der Waals surface area contributed by atoms with Crippen molar-refractivity contribution in [3.63, 3.8) is 0 Å². The standard InChI is InChI=1S/C11H14N2O3/c1-8(11(15)16)3-2-4-10(14)9-7-12-5-6-13-9/h5-8H,2-4H2,1H3,(H,15,16)/t8-/m0/s1. The molecule has 0 saturated heterocycles. The second-order valence-corrected chi connectivity index (χ2v) is 3.65. The van der Waals surface area contributed by atoms with Gasteiger partial charge in [0.25, 0.3) is 0 Å². The maximum absolute atomic E-state index is 11.5. The number of carbonyl (C=O) groups excluding carboxylic acids is 1. The summed E-state index contributed by atoms with van der Waals surface area (Å²) in [6.07, 6.45) is 5.76. The van der Waals surface area contributed by atoms with Gasteiger partial charge in [0.1, 0.15) is 5.69 Å². The number of carboxylic acids is 1. The van der Waals surface area contributed by atoms with E-state index in [-0.39, 0.29) is 5.78 Å². The van der Waals surface area contributed by atoms with Crippen LogP contribution in [0.2, 0.25) is 0 Å². The molecule has 1 heterocycles. The number of aliphatic carboxylic acids is 1. The fraction of sp³-hybridized carbons (Fsp3) is 0.455. The molecule has 0 unspecified atom stereocenters. The lowest BCUT2D eigenvalue weighted by Crippen LogP contribution is -2.10. The fourth-order valence-electron chi connectivity index (χ4n) is 1.26. The maximum atomic E-state index is 11.5. The number of hydrogen-bond donors (Lipinski definition) is 1. The van der Waals surface area contributed by atoms with Crippen LogP contribution in [0.25, 0.3) is 0 Å². The summed E-state index contributed by atoms with van der Waals surface area (Å²) in [5.41, 5.74) is 0.338. The maximum Gasteiger partial charge on any atom is 0.306 e. The van der Waals surface area contributed by atoms with Crippen molar-refractivity contribution in [2.45, 2.75) is 26.2 Å². The van der Waals surface area contributed by atoms with Crippen LogP contribution in [0, 0.1) is 5.92 Å². The third-order valence-corrected chi connectivity index (χ3v) is 2.31. The lowest BCUT2D eigenvalue weighted by atomic mass is 10.0. The smallest absolute Gasteiger partial charge is 0.306 e. The summed E-state index contributed by atoms with van der Waals surface area (Å²) in [6.45, 7) is 1.63. The third kappa shape index (κ3) is 3.76. The van der Waals surface area contributed by atoms with E-state index in [0.717, 1.165) is 0 Å². The first-order chi connectivity index (χ1) is 7.61. The van der Waals surface area contributed by atoms with E-state index in [1.165, 1.54) is 18.6 Å². The van der Waals surface area contributed by atoms with Gasteiger partial charge in [0.05, 0.1) is 12.1 Å². The van der Waals surface area contributed by atoms with Crippen LogP contribution in [0.3, 0.4) is 0 Å². The summed E-state index contributed by atoms with van der Waals surface area (Å²) in [6, 6.07) is 0. The highest BCUT2D eigenvalue weighted by molar-refractivity contribution is 5.93. The van der Waals surface area contributed by atoms with Gasteiger partial charge in [-0.05, 0) is 12.8 Å². The van der Waals surface area contributed by atoms with E-state index in [1.807, 2.05) is 0 Å². The minimum atomic E-state index is -0.827. The first-order valence-electron chi connectivity index (χ1n) is 5.13. The molecule has 86 valence electrons. The average Bonchev–Trinajstić information content (AvgIpc) is 2.29.